The predicted molar refractivity (Wildman–Crippen MR) is 113 cm³/mol. The average Bonchev–Trinajstić information content (AvgIpc) is 3.16. The molecule has 28 heavy (non-hydrogen) atoms. The largest absolute Gasteiger partial charge is 0.330 e. The van der Waals surface area contributed by atoms with Crippen LogP contribution in [0.4, 0.5) is 0 Å². The maximum Gasteiger partial charge on any atom is 0.274 e. The van der Waals surface area contributed by atoms with Crippen molar-refractivity contribution in [3.8, 4) is 0 Å². The molecule has 0 bridgehead atoms. The van der Waals surface area contributed by atoms with E-state index < -0.39 is 0 Å². The number of pyridine rings is 1. The van der Waals surface area contributed by atoms with Crippen molar-refractivity contribution in [1.29, 1.82) is 0 Å². The zero-order valence-electron chi connectivity index (χ0n) is 15.9. The minimum Gasteiger partial charge on any atom is -0.330 e. The summed E-state index contributed by atoms with van der Waals surface area (Å²) in [7, 11) is 0. The standard InChI is InChI=1S/C23H24BrN3O/c24-18-10-11-19-14-21(25-27(19)15-18)23(28)26-13-12-16-6-4-5-9-20(16)22(26)17-7-2-1-3-8-17/h4-6,9-11,14-15,17,22H,1-3,7-8,12-13H2. The number of fused-ring (bicyclic) bond motifs is 2. The monoisotopic (exact) mass is 437 g/mol. The van der Waals surface area contributed by atoms with Crippen molar-refractivity contribution < 1.29 is 4.79 Å². The number of carbonyl (C=O) groups excluding carboxylic acids is 1. The van der Waals surface area contributed by atoms with Crippen LogP contribution >= 0.6 is 15.9 Å². The Morgan fingerprint density at radius 3 is 2.75 bits per heavy atom. The highest BCUT2D eigenvalue weighted by atomic mass is 79.9. The summed E-state index contributed by atoms with van der Waals surface area (Å²) in [6, 6.07) is 14.7. The number of halogens is 1. The van der Waals surface area contributed by atoms with E-state index in [9.17, 15) is 4.79 Å². The molecule has 1 amide bonds. The van der Waals surface area contributed by atoms with Crippen molar-refractivity contribution in [2.75, 3.05) is 6.54 Å². The molecule has 3 aromatic rings. The van der Waals surface area contributed by atoms with Crippen molar-refractivity contribution in [3.63, 3.8) is 0 Å². The molecule has 5 rings (SSSR count). The summed E-state index contributed by atoms with van der Waals surface area (Å²) in [6.07, 6.45) is 9.10. The lowest BCUT2D eigenvalue weighted by atomic mass is 9.77. The molecule has 0 saturated heterocycles. The van der Waals surface area contributed by atoms with Crippen molar-refractivity contribution >= 4 is 27.4 Å². The molecule has 0 N–H and O–H groups in total. The number of hydrogen-bond acceptors (Lipinski definition) is 2. The smallest absolute Gasteiger partial charge is 0.274 e. The number of amides is 1. The second kappa shape index (κ2) is 7.36. The maximum absolute atomic E-state index is 13.6. The van der Waals surface area contributed by atoms with Crippen LogP contribution in [0, 0.1) is 5.92 Å². The number of hydrogen-bond donors (Lipinski definition) is 0. The summed E-state index contributed by atoms with van der Waals surface area (Å²) in [5, 5.41) is 4.58. The van der Waals surface area contributed by atoms with Crippen molar-refractivity contribution in [3.05, 3.63) is 70.0 Å². The van der Waals surface area contributed by atoms with E-state index >= 15 is 0 Å². The molecule has 4 nitrogen and oxygen atoms in total. The Labute approximate surface area is 173 Å². The van der Waals surface area contributed by atoms with Crippen LogP contribution in [0.25, 0.3) is 5.52 Å². The van der Waals surface area contributed by atoms with E-state index in [1.165, 1.54) is 43.2 Å². The summed E-state index contributed by atoms with van der Waals surface area (Å²) in [6.45, 7) is 0.772. The second-order valence-corrected chi connectivity index (χ2v) is 8.95. The summed E-state index contributed by atoms with van der Waals surface area (Å²) < 4.78 is 2.74. The molecule has 1 unspecified atom stereocenters. The third-order valence-electron chi connectivity index (χ3n) is 6.33. The van der Waals surface area contributed by atoms with Gasteiger partial charge in [-0.2, -0.15) is 5.10 Å². The van der Waals surface area contributed by atoms with E-state index in [2.05, 4.69) is 50.2 Å². The van der Waals surface area contributed by atoms with E-state index in [-0.39, 0.29) is 11.9 Å². The van der Waals surface area contributed by atoms with Crippen LogP contribution in [0.3, 0.4) is 0 Å². The van der Waals surface area contributed by atoms with Crippen LogP contribution in [0.5, 0.6) is 0 Å². The Bertz CT molecular complexity index is 1020. The first kappa shape index (κ1) is 17.9. The quantitative estimate of drug-likeness (QED) is 0.536. The summed E-state index contributed by atoms with van der Waals surface area (Å²) >= 11 is 3.48. The summed E-state index contributed by atoms with van der Waals surface area (Å²) in [5.74, 6) is 0.607. The van der Waals surface area contributed by atoms with Gasteiger partial charge in [0, 0.05) is 17.2 Å². The van der Waals surface area contributed by atoms with E-state index in [1.54, 1.807) is 4.52 Å². The molecule has 5 heteroatoms. The predicted octanol–water partition coefficient (Wildman–Crippen LogP) is 5.42. The van der Waals surface area contributed by atoms with Gasteiger partial charge in [0.2, 0.25) is 0 Å². The van der Waals surface area contributed by atoms with Crippen molar-refractivity contribution in [1.82, 2.24) is 14.5 Å². The zero-order chi connectivity index (χ0) is 19.1. The van der Waals surface area contributed by atoms with Crippen LogP contribution in [-0.2, 0) is 6.42 Å². The minimum absolute atomic E-state index is 0.0601. The average molecular weight is 438 g/mol. The van der Waals surface area contributed by atoms with Gasteiger partial charge in [0.1, 0.15) is 0 Å². The summed E-state index contributed by atoms with van der Waals surface area (Å²) in [4.78, 5) is 15.7. The van der Waals surface area contributed by atoms with Crippen molar-refractivity contribution in [2.24, 2.45) is 5.92 Å². The van der Waals surface area contributed by atoms with Gasteiger partial charge in [-0.1, -0.05) is 43.5 Å². The van der Waals surface area contributed by atoms with Crippen LogP contribution in [0.15, 0.2) is 53.1 Å². The Morgan fingerprint density at radius 1 is 1.07 bits per heavy atom. The number of carbonyl (C=O) groups is 1. The first-order valence-electron chi connectivity index (χ1n) is 10.2. The zero-order valence-corrected chi connectivity index (χ0v) is 17.4. The Hall–Kier alpha value is -2.14. The highest BCUT2D eigenvalue weighted by Gasteiger charge is 2.37. The van der Waals surface area contributed by atoms with E-state index in [0.717, 1.165) is 23.0 Å². The van der Waals surface area contributed by atoms with Gasteiger partial charge in [-0.25, -0.2) is 4.52 Å². The maximum atomic E-state index is 13.6. The summed E-state index contributed by atoms with van der Waals surface area (Å²) in [5.41, 5.74) is 4.23. The Balaban J connectivity index is 1.53. The first-order valence-corrected chi connectivity index (χ1v) is 11.0. The van der Waals surface area contributed by atoms with Crippen LogP contribution in [-0.4, -0.2) is 27.0 Å². The molecular weight excluding hydrogens is 414 g/mol. The van der Waals surface area contributed by atoms with Gasteiger partial charge in [-0.15, -0.1) is 0 Å². The topological polar surface area (TPSA) is 37.6 Å². The lowest BCUT2D eigenvalue weighted by molar-refractivity contribution is 0.0534. The molecule has 2 aliphatic rings. The highest BCUT2D eigenvalue weighted by molar-refractivity contribution is 9.10. The van der Waals surface area contributed by atoms with Gasteiger partial charge in [0.25, 0.3) is 5.91 Å². The number of nitrogens with zero attached hydrogens (tertiary/aromatic N) is 3. The fourth-order valence-electron chi connectivity index (χ4n) is 5.00. The molecule has 1 saturated carbocycles. The normalized spacial score (nSPS) is 20.3. The molecule has 1 aliphatic carbocycles. The minimum atomic E-state index is 0.0601. The van der Waals surface area contributed by atoms with E-state index in [0.29, 0.717) is 11.6 Å². The highest BCUT2D eigenvalue weighted by Crippen LogP contribution is 2.42. The molecule has 0 spiro atoms. The van der Waals surface area contributed by atoms with Gasteiger partial charge < -0.3 is 4.90 Å². The number of rotatable bonds is 2. The van der Waals surface area contributed by atoms with Gasteiger partial charge >= 0.3 is 0 Å². The molecule has 3 heterocycles. The van der Waals surface area contributed by atoms with Gasteiger partial charge in [0.15, 0.2) is 5.69 Å². The molecule has 0 radical (unpaired) electrons. The second-order valence-electron chi connectivity index (χ2n) is 8.04. The van der Waals surface area contributed by atoms with Gasteiger partial charge in [0.05, 0.1) is 11.6 Å². The molecule has 1 aromatic carbocycles. The Kier molecular flexibility index (Phi) is 4.71. The lowest BCUT2D eigenvalue weighted by Gasteiger charge is -2.42. The number of benzene rings is 1. The number of aromatic nitrogens is 2. The molecule has 144 valence electrons. The van der Waals surface area contributed by atoms with Gasteiger partial charge in [-0.3, -0.25) is 4.79 Å². The molecule has 1 atom stereocenters. The SMILES string of the molecule is O=C(c1cc2ccc(Br)cn2n1)N1CCc2ccccc2C1C1CCCCC1. The third kappa shape index (κ3) is 3.16. The first-order chi connectivity index (χ1) is 13.7. The molecule has 1 aliphatic heterocycles. The van der Waals surface area contributed by atoms with Gasteiger partial charge in [-0.05, 0) is 70.4 Å². The molecular formula is C23H24BrN3O. The van der Waals surface area contributed by atoms with Crippen LogP contribution in [0.1, 0.15) is 59.8 Å². The van der Waals surface area contributed by atoms with E-state index in [4.69, 9.17) is 0 Å². The molecule has 2 aromatic heterocycles. The fraction of sp³-hybridized carbons (Fsp3) is 0.391. The van der Waals surface area contributed by atoms with E-state index in [1.807, 2.05) is 24.4 Å². The van der Waals surface area contributed by atoms with Crippen molar-refractivity contribution in [2.45, 2.75) is 44.6 Å². The lowest BCUT2D eigenvalue weighted by Crippen LogP contribution is -2.43. The van der Waals surface area contributed by atoms with Crippen LogP contribution in [0.2, 0.25) is 0 Å². The molecule has 1 fully saturated rings. The van der Waals surface area contributed by atoms with Crippen LogP contribution < -0.4 is 0 Å². The Morgan fingerprint density at radius 2 is 1.89 bits per heavy atom. The fourth-order valence-corrected chi connectivity index (χ4v) is 5.32. The third-order valence-corrected chi connectivity index (χ3v) is 6.80.